The zero-order valence-electron chi connectivity index (χ0n) is 15.4. The van der Waals surface area contributed by atoms with Crippen molar-refractivity contribution in [3.8, 4) is 5.75 Å². The van der Waals surface area contributed by atoms with Gasteiger partial charge in [0.2, 0.25) is 0 Å². The van der Waals surface area contributed by atoms with Crippen LogP contribution in [0.3, 0.4) is 0 Å². The van der Waals surface area contributed by atoms with E-state index >= 15 is 0 Å². The van der Waals surface area contributed by atoms with Crippen LogP contribution in [0.2, 0.25) is 0 Å². The van der Waals surface area contributed by atoms with Crippen molar-refractivity contribution in [3.05, 3.63) is 62.6 Å². The third kappa shape index (κ3) is 4.13. The highest BCUT2D eigenvalue weighted by molar-refractivity contribution is 5.92. The standard InChI is InChI=1S/C19H20F2N2O5/c1-10-15(18(24)27-9-12-7-8-12)16(17(23(25)26)11(2)22-10)13-5-3-4-6-14(13)28-19(20)21/h3-6,12,16,19,22H,7-9H2,1-2H3. The van der Waals surface area contributed by atoms with Crippen LogP contribution in [0.25, 0.3) is 0 Å². The molecule has 1 atom stereocenters. The minimum absolute atomic E-state index is 0.0169. The van der Waals surface area contributed by atoms with E-state index in [0.29, 0.717) is 11.6 Å². The first-order chi connectivity index (χ1) is 13.3. The summed E-state index contributed by atoms with van der Waals surface area (Å²) in [5.41, 5.74) is 0.407. The Morgan fingerprint density at radius 2 is 1.96 bits per heavy atom. The molecule has 0 saturated heterocycles. The lowest BCUT2D eigenvalue weighted by Gasteiger charge is -2.27. The topological polar surface area (TPSA) is 90.7 Å². The van der Waals surface area contributed by atoms with E-state index in [-0.39, 0.29) is 34.9 Å². The number of hydrogen-bond donors (Lipinski definition) is 1. The maximum atomic E-state index is 12.9. The Hall–Kier alpha value is -2.97. The third-order valence-electron chi connectivity index (χ3n) is 4.74. The second-order valence-corrected chi connectivity index (χ2v) is 6.82. The Morgan fingerprint density at radius 3 is 2.57 bits per heavy atom. The molecule has 1 N–H and O–H groups in total. The third-order valence-corrected chi connectivity index (χ3v) is 4.74. The van der Waals surface area contributed by atoms with Crippen molar-refractivity contribution >= 4 is 5.97 Å². The molecule has 1 fully saturated rings. The number of halogens is 2. The summed E-state index contributed by atoms with van der Waals surface area (Å²) in [6, 6.07) is 5.75. The fourth-order valence-electron chi connectivity index (χ4n) is 3.28. The molecule has 1 aromatic rings. The average molecular weight is 394 g/mol. The van der Waals surface area contributed by atoms with Crippen molar-refractivity contribution in [2.45, 2.75) is 39.2 Å². The van der Waals surface area contributed by atoms with Crippen LogP contribution in [-0.4, -0.2) is 24.1 Å². The molecule has 1 aromatic carbocycles. The van der Waals surface area contributed by atoms with Gasteiger partial charge >= 0.3 is 12.6 Å². The van der Waals surface area contributed by atoms with Gasteiger partial charge in [-0.2, -0.15) is 8.78 Å². The van der Waals surface area contributed by atoms with Crippen molar-refractivity contribution < 1.29 is 28.0 Å². The lowest BCUT2D eigenvalue weighted by atomic mass is 9.83. The highest BCUT2D eigenvalue weighted by atomic mass is 19.3. The molecule has 1 aliphatic carbocycles. The number of nitro groups is 1. The molecule has 0 amide bonds. The van der Waals surface area contributed by atoms with Gasteiger partial charge in [0.1, 0.15) is 11.7 Å². The monoisotopic (exact) mass is 394 g/mol. The number of nitrogens with one attached hydrogen (secondary N) is 1. The summed E-state index contributed by atoms with van der Waals surface area (Å²) >= 11 is 0. The zero-order valence-corrected chi connectivity index (χ0v) is 15.4. The molecule has 0 radical (unpaired) electrons. The Kier molecular flexibility index (Phi) is 5.62. The normalized spacial score (nSPS) is 19.5. The van der Waals surface area contributed by atoms with E-state index in [1.54, 1.807) is 13.0 Å². The second kappa shape index (κ2) is 7.95. The first-order valence-electron chi connectivity index (χ1n) is 8.83. The molecular formula is C19H20F2N2O5. The number of allylic oxidation sites excluding steroid dienone is 3. The molecule has 150 valence electrons. The van der Waals surface area contributed by atoms with Gasteiger partial charge in [0, 0.05) is 11.3 Å². The number of carbonyl (C=O) groups is 1. The minimum Gasteiger partial charge on any atom is -0.462 e. The van der Waals surface area contributed by atoms with Crippen molar-refractivity contribution in [2.75, 3.05) is 6.61 Å². The van der Waals surface area contributed by atoms with Gasteiger partial charge in [-0.1, -0.05) is 18.2 Å². The van der Waals surface area contributed by atoms with E-state index in [2.05, 4.69) is 10.1 Å². The summed E-state index contributed by atoms with van der Waals surface area (Å²) in [5.74, 6) is -1.82. The summed E-state index contributed by atoms with van der Waals surface area (Å²) in [4.78, 5) is 23.9. The number of ether oxygens (including phenoxy) is 2. The molecule has 2 aliphatic rings. The van der Waals surface area contributed by atoms with Crippen LogP contribution in [0, 0.1) is 16.0 Å². The molecule has 7 nitrogen and oxygen atoms in total. The van der Waals surface area contributed by atoms with Crippen LogP contribution in [0.1, 0.15) is 38.2 Å². The van der Waals surface area contributed by atoms with Crippen LogP contribution >= 0.6 is 0 Å². The van der Waals surface area contributed by atoms with E-state index in [4.69, 9.17) is 4.74 Å². The molecule has 9 heteroatoms. The highest BCUT2D eigenvalue weighted by Gasteiger charge is 2.42. The van der Waals surface area contributed by atoms with Crippen molar-refractivity contribution in [1.29, 1.82) is 0 Å². The maximum Gasteiger partial charge on any atom is 0.387 e. The SMILES string of the molecule is CC1=C(C(=O)OCC2CC2)C(c2ccccc2OC(F)F)C([N+](=O)[O-])=C(C)N1. The van der Waals surface area contributed by atoms with E-state index in [0.717, 1.165) is 12.8 Å². The number of rotatable bonds is 7. The quantitative estimate of drug-likeness (QED) is 0.431. The summed E-state index contributed by atoms with van der Waals surface area (Å²) in [6.07, 6.45) is 1.94. The predicted molar refractivity (Wildman–Crippen MR) is 95.0 cm³/mol. The van der Waals surface area contributed by atoms with Crippen LogP contribution in [0.15, 0.2) is 46.9 Å². The Bertz CT molecular complexity index is 862. The number of hydrogen-bond acceptors (Lipinski definition) is 6. The van der Waals surface area contributed by atoms with Gasteiger partial charge in [-0.15, -0.1) is 0 Å². The van der Waals surface area contributed by atoms with Crippen molar-refractivity contribution in [3.63, 3.8) is 0 Å². The highest BCUT2D eigenvalue weighted by Crippen LogP contribution is 2.43. The summed E-state index contributed by atoms with van der Waals surface area (Å²) in [6.45, 7) is 0.214. The van der Waals surface area contributed by atoms with E-state index in [9.17, 15) is 23.7 Å². The lowest BCUT2D eigenvalue weighted by molar-refractivity contribution is -0.431. The van der Waals surface area contributed by atoms with Crippen LogP contribution in [0.4, 0.5) is 8.78 Å². The van der Waals surface area contributed by atoms with Gasteiger partial charge in [-0.25, -0.2) is 4.79 Å². The van der Waals surface area contributed by atoms with Gasteiger partial charge in [0.05, 0.1) is 22.8 Å². The number of benzene rings is 1. The molecule has 0 aromatic heterocycles. The van der Waals surface area contributed by atoms with Gasteiger partial charge in [0.15, 0.2) is 0 Å². The largest absolute Gasteiger partial charge is 0.462 e. The molecule has 1 unspecified atom stereocenters. The number of para-hydroxylation sites is 1. The predicted octanol–water partition coefficient (Wildman–Crippen LogP) is 3.71. The number of alkyl halides is 2. The van der Waals surface area contributed by atoms with Gasteiger partial charge in [0.25, 0.3) is 5.70 Å². The molecular weight excluding hydrogens is 374 g/mol. The number of carbonyl (C=O) groups excluding carboxylic acids is 1. The lowest BCUT2D eigenvalue weighted by Crippen LogP contribution is -2.32. The van der Waals surface area contributed by atoms with Gasteiger partial charge in [-0.3, -0.25) is 10.1 Å². The molecule has 28 heavy (non-hydrogen) atoms. The first kappa shape index (κ1) is 19.8. The second-order valence-electron chi connectivity index (χ2n) is 6.82. The molecule has 0 spiro atoms. The van der Waals surface area contributed by atoms with Crippen molar-refractivity contribution in [2.24, 2.45) is 5.92 Å². The molecule has 1 saturated carbocycles. The van der Waals surface area contributed by atoms with Crippen LogP contribution < -0.4 is 10.1 Å². The number of dihydropyridines is 1. The van der Waals surface area contributed by atoms with Gasteiger partial charge in [-0.05, 0) is 38.7 Å². The van der Waals surface area contributed by atoms with E-state index in [1.165, 1.54) is 25.1 Å². The molecule has 3 rings (SSSR count). The fraction of sp³-hybridized carbons (Fsp3) is 0.421. The number of esters is 1. The van der Waals surface area contributed by atoms with Crippen LogP contribution in [-0.2, 0) is 9.53 Å². The zero-order chi connectivity index (χ0) is 20.4. The van der Waals surface area contributed by atoms with E-state index in [1.807, 2.05) is 0 Å². The number of nitrogens with zero attached hydrogens (tertiary/aromatic N) is 1. The molecule has 1 heterocycles. The minimum atomic E-state index is -3.11. The first-order valence-corrected chi connectivity index (χ1v) is 8.83. The summed E-state index contributed by atoms with van der Waals surface area (Å²) in [5, 5.41) is 14.6. The van der Waals surface area contributed by atoms with Gasteiger partial charge < -0.3 is 14.8 Å². The summed E-state index contributed by atoms with van der Waals surface area (Å²) < 4.78 is 35.6. The Morgan fingerprint density at radius 1 is 1.29 bits per heavy atom. The Balaban J connectivity index is 2.08. The van der Waals surface area contributed by atoms with E-state index < -0.39 is 23.4 Å². The summed E-state index contributed by atoms with van der Waals surface area (Å²) in [7, 11) is 0. The van der Waals surface area contributed by atoms with Crippen molar-refractivity contribution in [1.82, 2.24) is 5.32 Å². The Labute approximate surface area is 160 Å². The fourth-order valence-corrected chi connectivity index (χ4v) is 3.28. The average Bonchev–Trinajstić information content (AvgIpc) is 3.43. The maximum absolute atomic E-state index is 12.9. The van der Waals surface area contributed by atoms with Crippen LogP contribution in [0.5, 0.6) is 5.75 Å². The molecule has 0 bridgehead atoms. The molecule has 1 aliphatic heterocycles. The smallest absolute Gasteiger partial charge is 0.387 e.